The fraction of sp³-hybridized carbons (Fsp3) is 0.250. The van der Waals surface area contributed by atoms with Crippen LogP contribution in [0.1, 0.15) is 0 Å². The van der Waals surface area contributed by atoms with Crippen LogP contribution in [0.25, 0.3) is 0 Å². The number of rotatable bonds is 2. The van der Waals surface area contributed by atoms with Gasteiger partial charge in [0.05, 0.1) is 0 Å². The van der Waals surface area contributed by atoms with Gasteiger partial charge < -0.3 is 9.26 Å². The molecule has 3 nitrogen and oxygen atoms in total. The molecule has 0 aliphatic heterocycles. The van der Waals surface area contributed by atoms with E-state index in [0.717, 1.165) is 6.26 Å². The zero-order valence-corrected chi connectivity index (χ0v) is 6.14. The van der Waals surface area contributed by atoms with Crippen LogP contribution in [-0.2, 0) is 0 Å². The molecule has 56 valence electrons. The molecule has 0 aliphatic rings. The Kier molecular flexibility index (Phi) is 2.21. The Morgan fingerprint density at radius 2 is 2.40 bits per heavy atom. The fourth-order valence-corrected chi connectivity index (χ4v) is 0.626. The van der Waals surface area contributed by atoms with Gasteiger partial charge in [-0.2, -0.15) is 8.78 Å². The summed E-state index contributed by atoms with van der Waals surface area (Å²) in [5, 5.41) is 3.13. The second-order valence-electron chi connectivity index (χ2n) is 1.35. The molecule has 0 amide bonds. The van der Waals surface area contributed by atoms with Crippen molar-refractivity contribution in [1.82, 2.24) is 5.16 Å². The van der Waals surface area contributed by atoms with Crippen LogP contribution in [-0.4, -0.2) is 11.8 Å². The second kappa shape index (κ2) is 2.96. The van der Waals surface area contributed by atoms with Gasteiger partial charge in [-0.1, -0.05) is 0 Å². The Bertz CT molecular complexity index is 215. The first-order valence-electron chi connectivity index (χ1n) is 2.25. The standard InChI is InChI=1S/C4H2BrF2NO2/c5-2-1-9-8-3(2)10-4(6)7/h1,4H. The Morgan fingerprint density at radius 3 is 2.80 bits per heavy atom. The van der Waals surface area contributed by atoms with E-state index in [1.807, 2.05) is 0 Å². The fourth-order valence-electron chi connectivity index (χ4n) is 0.377. The first-order valence-corrected chi connectivity index (χ1v) is 3.04. The monoisotopic (exact) mass is 213 g/mol. The van der Waals surface area contributed by atoms with Crippen LogP contribution in [0.5, 0.6) is 5.88 Å². The van der Waals surface area contributed by atoms with E-state index in [2.05, 4.69) is 30.3 Å². The number of hydrogen-bond acceptors (Lipinski definition) is 3. The van der Waals surface area contributed by atoms with Crippen molar-refractivity contribution in [3.63, 3.8) is 0 Å². The van der Waals surface area contributed by atoms with Gasteiger partial charge in [0, 0.05) is 0 Å². The molecule has 0 saturated heterocycles. The average molecular weight is 214 g/mol. The minimum atomic E-state index is -2.87. The Morgan fingerprint density at radius 1 is 1.70 bits per heavy atom. The number of nitrogens with zero attached hydrogens (tertiary/aromatic N) is 1. The largest absolute Gasteiger partial charge is 0.413 e. The summed E-state index contributed by atoms with van der Waals surface area (Å²) < 4.78 is 31.4. The van der Waals surface area contributed by atoms with Gasteiger partial charge in [-0.3, -0.25) is 0 Å². The van der Waals surface area contributed by atoms with Crippen LogP contribution >= 0.6 is 15.9 Å². The molecular formula is C4H2BrF2NO2. The predicted molar refractivity (Wildman–Crippen MR) is 30.8 cm³/mol. The molecule has 0 fully saturated rings. The average Bonchev–Trinajstić information content (AvgIpc) is 2.15. The third-order valence-corrected chi connectivity index (χ3v) is 1.22. The van der Waals surface area contributed by atoms with E-state index < -0.39 is 6.61 Å². The van der Waals surface area contributed by atoms with E-state index in [9.17, 15) is 8.78 Å². The molecule has 0 saturated carbocycles. The first-order chi connectivity index (χ1) is 4.70. The molecule has 6 heteroatoms. The first kappa shape index (κ1) is 7.46. The summed E-state index contributed by atoms with van der Waals surface area (Å²) >= 11 is 2.88. The van der Waals surface area contributed by atoms with E-state index in [1.54, 1.807) is 0 Å². The number of halogens is 3. The SMILES string of the molecule is FC(F)Oc1nocc1Br. The molecule has 0 spiro atoms. The molecule has 1 aromatic heterocycles. The summed E-state index contributed by atoms with van der Waals surface area (Å²) in [4.78, 5) is 0. The van der Waals surface area contributed by atoms with Gasteiger partial charge >= 0.3 is 6.61 Å². The topological polar surface area (TPSA) is 35.3 Å². The number of ether oxygens (including phenoxy) is 1. The molecule has 0 unspecified atom stereocenters. The van der Waals surface area contributed by atoms with Crippen molar-refractivity contribution in [2.75, 3.05) is 0 Å². The number of hydrogen-bond donors (Lipinski definition) is 0. The van der Waals surface area contributed by atoms with Gasteiger partial charge in [0.2, 0.25) is 0 Å². The maximum Gasteiger partial charge on any atom is 0.388 e. The summed E-state index contributed by atoms with van der Waals surface area (Å²) in [6.07, 6.45) is 1.15. The summed E-state index contributed by atoms with van der Waals surface area (Å²) in [6.45, 7) is -2.87. The van der Waals surface area contributed by atoms with Gasteiger partial charge in [0.1, 0.15) is 10.7 Å². The summed E-state index contributed by atoms with van der Waals surface area (Å²) in [5.41, 5.74) is 0. The van der Waals surface area contributed by atoms with Crippen molar-refractivity contribution in [3.8, 4) is 5.88 Å². The molecule has 0 aromatic carbocycles. The van der Waals surface area contributed by atoms with E-state index >= 15 is 0 Å². The lowest BCUT2D eigenvalue weighted by Gasteiger charge is -1.96. The maximum absolute atomic E-state index is 11.5. The van der Waals surface area contributed by atoms with Crippen LogP contribution in [0.15, 0.2) is 15.3 Å². The molecule has 0 aliphatic carbocycles. The second-order valence-corrected chi connectivity index (χ2v) is 2.20. The predicted octanol–water partition coefficient (Wildman–Crippen LogP) is 2.04. The highest BCUT2D eigenvalue weighted by atomic mass is 79.9. The van der Waals surface area contributed by atoms with Crippen LogP contribution in [0.2, 0.25) is 0 Å². The highest BCUT2D eigenvalue weighted by Crippen LogP contribution is 2.23. The van der Waals surface area contributed by atoms with Crippen molar-refractivity contribution in [2.45, 2.75) is 6.61 Å². The van der Waals surface area contributed by atoms with E-state index in [0.29, 0.717) is 0 Å². The lowest BCUT2D eigenvalue weighted by molar-refractivity contribution is -0.0550. The smallest absolute Gasteiger partial charge is 0.388 e. The zero-order valence-electron chi connectivity index (χ0n) is 4.55. The quantitative estimate of drug-likeness (QED) is 0.755. The maximum atomic E-state index is 11.5. The van der Waals surface area contributed by atoms with Gasteiger partial charge in [0.25, 0.3) is 5.88 Å². The zero-order chi connectivity index (χ0) is 7.56. The lowest BCUT2D eigenvalue weighted by atomic mass is 10.7. The van der Waals surface area contributed by atoms with Crippen molar-refractivity contribution in [3.05, 3.63) is 10.7 Å². The van der Waals surface area contributed by atoms with Crippen molar-refractivity contribution in [1.29, 1.82) is 0 Å². The molecule has 1 heterocycles. The Hall–Kier alpha value is -0.650. The molecular weight excluding hydrogens is 212 g/mol. The van der Waals surface area contributed by atoms with Crippen LogP contribution in [0.4, 0.5) is 8.78 Å². The number of aromatic nitrogens is 1. The van der Waals surface area contributed by atoms with E-state index in [4.69, 9.17) is 0 Å². The Balaban J connectivity index is 2.65. The molecule has 10 heavy (non-hydrogen) atoms. The van der Waals surface area contributed by atoms with Gasteiger partial charge in [-0.15, -0.1) is 0 Å². The molecule has 0 radical (unpaired) electrons. The lowest BCUT2D eigenvalue weighted by Crippen LogP contribution is -2.02. The van der Waals surface area contributed by atoms with E-state index in [1.165, 1.54) is 0 Å². The summed E-state index contributed by atoms with van der Waals surface area (Å²) in [6, 6.07) is 0. The van der Waals surface area contributed by atoms with Gasteiger partial charge in [-0.05, 0) is 21.1 Å². The van der Waals surface area contributed by atoms with Crippen molar-refractivity contribution >= 4 is 15.9 Å². The minimum absolute atomic E-state index is 0.241. The van der Waals surface area contributed by atoms with Gasteiger partial charge in [-0.25, -0.2) is 0 Å². The molecule has 0 bridgehead atoms. The van der Waals surface area contributed by atoms with Crippen LogP contribution in [0, 0.1) is 0 Å². The number of alkyl halides is 2. The Labute approximate surface area is 63.1 Å². The van der Waals surface area contributed by atoms with Crippen LogP contribution < -0.4 is 4.74 Å². The molecule has 0 atom stereocenters. The summed E-state index contributed by atoms with van der Waals surface area (Å²) in [7, 11) is 0. The molecule has 1 rings (SSSR count). The van der Waals surface area contributed by atoms with Crippen molar-refractivity contribution in [2.24, 2.45) is 0 Å². The molecule has 1 aromatic rings. The van der Waals surface area contributed by atoms with E-state index in [-0.39, 0.29) is 10.4 Å². The third-order valence-electron chi connectivity index (χ3n) is 0.697. The van der Waals surface area contributed by atoms with Crippen molar-refractivity contribution < 1.29 is 18.0 Å². The minimum Gasteiger partial charge on any atom is -0.413 e. The molecule has 0 N–H and O–H groups in total. The summed E-state index contributed by atoms with van der Waals surface area (Å²) in [5.74, 6) is -0.241. The highest BCUT2D eigenvalue weighted by molar-refractivity contribution is 9.10. The van der Waals surface area contributed by atoms with Crippen LogP contribution in [0.3, 0.4) is 0 Å². The van der Waals surface area contributed by atoms with Gasteiger partial charge in [0.15, 0.2) is 0 Å². The third kappa shape index (κ3) is 1.66. The normalized spacial score (nSPS) is 10.4. The highest BCUT2D eigenvalue weighted by Gasteiger charge is 2.10.